The summed E-state index contributed by atoms with van der Waals surface area (Å²) in [5.41, 5.74) is 2.09. The van der Waals surface area contributed by atoms with Gasteiger partial charge in [0.1, 0.15) is 16.1 Å². The summed E-state index contributed by atoms with van der Waals surface area (Å²) in [6, 6.07) is 15.5. The van der Waals surface area contributed by atoms with Gasteiger partial charge in [0.2, 0.25) is 0 Å². The molecule has 0 radical (unpaired) electrons. The van der Waals surface area contributed by atoms with Crippen molar-refractivity contribution in [1.82, 2.24) is 9.38 Å². The van der Waals surface area contributed by atoms with Gasteiger partial charge in [0, 0.05) is 28.2 Å². The Morgan fingerprint density at radius 2 is 2.00 bits per heavy atom. The zero-order valence-electron chi connectivity index (χ0n) is 14.5. The van der Waals surface area contributed by atoms with Crippen LogP contribution < -0.4 is 10.1 Å². The average molecular weight is 468 g/mol. The van der Waals surface area contributed by atoms with Crippen LogP contribution in [0.25, 0.3) is 33.4 Å². The highest BCUT2D eigenvalue weighted by Crippen LogP contribution is 2.32. The van der Waals surface area contributed by atoms with Crippen LogP contribution in [0.2, 0.25) is 0 Å². The van der Waals surface area contributed by atoms with Crippen LogP contribution in [0, 0.1) is 10.1 Å². The van der Waals surface area contributed by atoms with Crippen molar-refractivity contribution in [3.05, 3.63) is 89.8 Å². The molecule has 0 spiro atoms. The number of thiazole rings is 1. The molecule has 5 aromatic rings. The normalized spacial score (nSPS) is 12.2. The second-order valence-corrected chi connectivity index (χ2v) is 8.12. The minimum absolute atomic E-state index is 0.0101. The number of nitro groups is 1. The largest absolute Gasteiger partial charge is 0.457 e. The maximum Gasteiger partial charge on any atom is 0.275 e. The van der Waals surface area contributed by atoms with Crippen molar-refractivity contribution in [2.24, 2.45) is 0 Å². The number of hydrogen-bond acceptors (Lipinski definition) is 6. The number of furan rings is 1. The Morgan fingerprint density at radius 3 is 2.79 bits per heavy atom. The van der Waals surface area contributed by atoms with Crippen LogP contribution >= 0.6 is 27.3 Å². The Balaban J connectivity index is 1.58. The number of aromatic nitrogens is 2. The lowest BCUT2D eigenvalue weighted by atomic mass is 10.1. The van der Waals surface area contributed by atoms with Crippen molar-refractivity contribution in [3.63, 3.8) is 0 Å². The van der Waals surface area contributed by atoms with Gasteiger partial charge >= 0.3 is 0 Å². The summed E-state index contributed by atoms with van der Waals surface area (Å²) < 4.78 is 8.52. The lowest BCUT2D eigenvalue weighted by Crippen LogP contribution is -2.22. The van der Waals surface area contributed by atoms with Crippen LogP contribution in [0.5, 0.6) is 0 Å². The van der Waals surface area contributed by atoms with Crippen LogP contribution in [0.1, 0.15) is 5.76 Å². The Morgan fingerprint density at radius 1 is 1.17 bits per heavy atom. The van der Waals surface area contributed by atoms with Crippen molar-refractivity contribution < 1.29 is 9.34 Å². The summed E-state index contributed by atoms with van der Waals surface area (Å²) >= 11 is 4.64. The maximum absolute atomic E-state index is 12.8. The molecule has 0 aliphatic carbocycles. The second kappa shape index (κ2) is 6.64. The molecule has 9 heteroatoms. The quantitative estimate of drug-likeness (QED) is 0.290. The van der Waals surface area contributed by atoms with Gasteiger partial charge in [-0.15, -0.1) is 0 Å². The van der Waals surface area contributed by atoms with E-state index in [-0.39, 0.29) is 11.2 Å². The third kappa shape index (κ3) is 2.95. The average Bonchev–Trinajstić information content (AvgIpc) is 3.38. The number of nitro benzene ring substituents is 1. The number of halogens is 1. The highest BCUT2D eigenvalue weighted by molar-refractivity contribution is 9.10. The summed E-state index contributed by atoms with van der Waals surface area (Å²) in [6.45, 7) is 0. The van der Waals surface area contributed by atoms with E-state index in [2.05, 4.69) is 20.9 Å². The number of imidazole rings is 1. The van der Waals surface area contributed by atoms with Crippen molar-refractivity contribution in [3.8, 4) is 11.3 Å². The van der Waals surface area contributed by atoms with E-state index < -0.39 is 4.92 Å². The van der Waals surface area contributed by atoms with Crippen molar-refractivity contribution in [1.29, 1.82) is 0 Å². The molecule has 0 atom stereocenters. The molecule has 0 saturated carbocycles. The number of benzene rings is 2. The van der Waals surface area contributed by atoms with E-state index in [0.717, 1.165) is 11.0 Å². The van der Waals surface area contributed by atoms with E-state index in [1.807, 2.05) is 24.3 Å². The first-order chi connectivity index (χ1) is 14.0. The van der Waals surface area contributed by atoms with E-state index in [0.29, 0.717) is 31.0 Å². The minimum Gasteiger partial charge on any atom is -0.457 e. The molecule has 3 heterocycles. The van der Waals surface area contributed by atoms with E-state index >= 15 is 0 Å². The number of non-ortho nitro benzene ring substituents is 1. The van der Waals surface area contributed by atoms with Gasteiger partial charge < -0.3 is 4.42 Å². The molecule has 0 N–H and O–H groups in total. The molecule has 0 amide bonds. The number of nitrogens with zero attached hydrogens (tertiary/aromatic N) is 3. The van der Waals surface area contributed by atoms with Crippen LogP contribution in [-0.4, -0.2) is 14.3 Å². The fraction of sp³-hybridized carbons (Fsp3) is 0. The van der Waals surface area contributed by atoms with Crippen molar-refractivity contribution in [2.45, 2.75) is 0 Å². The molecule has 142 valence electrons. The zero-order chi connectivity index (χ0) is 20.1. The van der Waals surface area contributed by atoms with Gasteiger partial charge in [0.15, 0.2) is 4.96 Å². The van der Waals surface area contributed by atoms with Crippen LogP contribution in [0.3, 0.4) is 0 Å². The molecule has 7 nitrogen and oxygen atoms in total. The topological polar surface area (TPSA) is 90.6 Å². The molecule has 29 heavy (non-hydrogen) atoms. The van der Waals surface area contributed by atoms with Gasteiger partial charge in [-0.25, -0.2) is 9.38 Å². The Hall–Kier alpha value is -3.30. The third-order valence-electron chi connectivity index (χ3n) is 4.47. The van der Waals surface area contributed by atoms with Crippen molar-refractivity contribution >= 4 is 55.0 Å². The van der Waals surface area contributed by atoms with Gasteiger partial charge in [-0.05, 0) is 46.3 Å². The predicted octanol–water partition coefficient (Wildman–Crippen LogP) is 4.39. The smallest absolute Gasteiger partial charge is 0.275 e. The molecule has 3 aromatic heterocycles. The van der Waals surface area contributed by atoms with E-state index in [9.17, 15) is 14.9 Å². The molecular weight excluding hydrogens is 458 g/mol. The summed E-state index contributed by atoms with van der Waals surface area (Å²) in [7, 11) is 0. The molecule has 2 aromatic carbocycles. The maximum atomic E-state index is 12.8. The first-order valence-electron chi connectivity index (χ1n) is 8.47. The summed E-state index contributed by atoms with van der Waals surface area (Å²) in [5, 5.41) is 10.9. The fourth-order valence-corrected chi connectivity index (χ4v) is 4.66. The Kier molecular flexibility index (Phi) is 4.07. The highest BCUT2D eigenvalue weighted by atomic mass is 79.9. The molecule has 0 unspecified atom stereocenters. The molecule has 5 rings (SSSR count). The second-order valence-electron chi connectivity index (χ2n) is 6.26. The minimum atomic E-state index is -0.456. The predicted molar refractivity (Wildman–Crippen MR) is 114 cm³/mol. The molecule has 0 aliphatic heterocycles. The van der Waals surface area contributed by atoms with E-state index in [4.69, 9.17) is 4.42 Å². The van der Waals surface area contributed by atoms with Gasteiger partial charge in [0.25, 0.3) is 11.2 Å². The molecule has 0 bridgehead atoms. The molecule has 0 saturated heterocycles. The van der Waals surface area contributed by atoms with Gasteiger partial charge in [-0.3, -0.25) is 14.9 Å². The fourth-order valence-electron chi connectivity index (χ4n) is 3.13. The monoisotopic (exact) mass is 467 g/mol. The Bertz CT molecular complexity index is 1530. The first kappa shape index (κ1) is 17.8. The Labute approximate surface area is 174 Å². The first-order valence-corrected chi connectivity index (χ1v) is 10.1. The van der Waals surface area contributed by atoms with Crippen molar-refractivity contribution in [2.75, 3.05) is 0 Å². The third-order valence-corrected chi connectivity index (χ3v) is 6.10. The number of fused-ring (bicyclic) bond motifs is 3. The lowest BCUT2D eigenvalue weighted by Gasteiger charge is -2.00. The van der Waals surface area contributed by atoms with Gasteiger partial charge in [-0.2, -0.15) is 0 Å². The molecular formula is C20H10BrN3O4S. The summed E-state index contributed by atoms with van der Waals surface area (Å²) in [5.74, 6) is 1.05. The van der Waals surface area contributed by atoms with Gasteiger partial charge in [-0.1, -0.05) is 23.5 Å². The standard InChI is InChI=1S/C20H10BrN3O4S/c21-14-9-11(24(26)27)5-7-13(14)17-8-6-12(28-17)10-18-19(25)23-16-4-2-1-3-15(16)22-20(23)29-18/h1-10H. The number of para-hydroxylation sites is 2. The SMILES string of the molecule is O=c1c(=Cc2ccc(-c3ccc([N+](=O)[O-])cc3Br)o2)sc2nc3ccccc3n12. The highest BCUT2D eigenvalue weighted by Gasteiger charge is 2.14. The summed E-state index contributed by atoms with van der Waals surface area (Å²) in [4.78, 5) is 28.4. The summed E-state index contributed by atoms with van der Waals surface area (Å²) in [6.07, 6.45) is 1.68. The number of hydrogen-bond donors (Lipinski definition) is 0. The van der Waals surface area contributed by atoms with E-state index in [1.165, 1.54) is 23.5 Å². The van der Waals surface area contributed by atoms with Crippen LogP contribution in [0.4, 0.5) is 5.69 Å². The van der Waals surface area contributed by atoms with E-state index in [1.54, 1.807) is 28.7 Å². The lowest BCUT2D eigenvalue weighted by molar-refractivity contribution is -0.384. The van der Waals surface area contributed by atoms with Gasteiger partial charge in [0.05, 0.1) is 16.0 Å². The van der Waals surface area contributed by atoms with Crippen LogP contribution in [0.15, 0.2) is 68.3 Å². The van der Waals surface area contributed by atoms with Crippen LogP contribution in [-0.2, 0) is 0 Å². The number of rotatable bonds is 3. The molecule has 0 aliphatic rings. The zero-order valence-corrected chi connectivity index (χ0v) is 16.9. The molecule has 0 fully saturated rings.